The minimum atomic E-state index is 0.104. The summed E-state index contributed by atoms with van der Waals surface area (Å²) in [6, 6.07) is 5.78. The molecule has 0 saturated carbocycles. The van der Waals surface area contributed by atoms with Gasteiger partial charge in [-0.25, -0.2) is 0 Å². The average molecular weight is 298 g/mol. The van der Waals surface area contributed by atoms with E-state index in [4.69, 9.17) is 10.9 Å². The third kappa shape index (κ3) is 2.77. The van der Waals surface area contributed by atoms with E-state index in [-0.39, 0.29) is 5.84 Å². The van der Waals surface area contributed by atoms with E-state index in [1.54, 1.807) is 17.3 Å². The molecular weight excluding hydrogens is 288 g/mol. The van der Waals surface area contributed by atoms with Crippen LogP contribution in [0.3, 0.4) is 0 Å². The van der Waals surface area contributed by atoms with Crippen LogP contribution in [0.5, 0.6) is 0 Å². The van der Waals surface area contributed by atoms with Gasteiger partial charge in [0.15, 0.2) is 10.2 Å². The lowest BCUT2D eigenvalue weighted by atomic mass is 10.2. The lowest BCUT2D eigenvalue weighted by molar-refractivity contribution is 0.318. The summed E-state index contributed by atoms with van der Waals surface area (Å²) in [5.74, 6) is 0.104. The first kappa shape index (κ1) is 13.2. The number of hydrogen-bond donors (Lipinski definition) is 2. The van der Waals surface area contributed by atoms with Gasteiger partial charge in [0.2, 0.25) is 0 Å². The summed E-state index contributed by atoms with van der Waals surface area (Å²) in [7, 11) is 0. The van der Waals surface area contributed by atoms with Crippen molar-refractivity contribution >= 4 is 40.7 Å². The van der Waals surface area contributed by atoms with Gasteiger partial charge >= 0.3 is 0 Å². The molecule has 0 spiro atoms. The average Bonchev–Trinajstić information content (AvgIpc) is 2.90. The molecule has 0 amide bonds. The number of amidine groups is 1. The van der Waals surface area contributed by atoms with Crippen LogP contribution in [0.15, 0.2) is 43.0 Å². The summed E-state index contributed by atoms with van der Waals surface area (Å²) in [6.45, 7) is 0. The Hall–Kier alpha value is -1.25. The Morgan fingerprint density at radius 2 is 2.22 bits per heavy atom. The van der Waals surface area contributed by atoms with E-state index in [1.807, 2.05) is 24.5 Å². The first-order valence-corrected chi connectivity index (χ1v) is 7.77. The number of nitrogens with zero attached hydrogens (tertiary/aromatic N) is 3. The quantitative estimate of drug-likeness (QED) is 0.297. The molecule has 1 aromatic heterocycles. The number of rotatable bonds is 4. The Bertz CT molecular complexity index is 556. The van der Waals surface area contributed by atoms with Crippen LogP contribution in [0.25, 0.3) is 0 Å². The molecule has 8 heteroatoms. The van der Waals surface area contributed by atoms with Gasteiger partial charge in [-0.05, 0) is 18.4 Å². The lowest BCUT2D eigenvalue weighted by Gasteiger charge is -2.10. The zero-order chi connectivity index (χ0) is 13.0. The molecule has 18 heavy (non-hydrogen) atoms. The van der Waals surface area contributed by atoms with Gasteiger partial charge < -0.3 is 10.9 Å². The molecule has 0 radical (unpaired) electrons. The van der Waals surface area contributed by atoms with Crippen molar-refractivity contribution in [2.24, 2.45) is 10.9 Å². The fourth-order valence-electron chi connectivity index (χ4n) is 1.37. The molecule has 0 aliphatic rings. The first-order chi connectivity index (χ1) is 8.76. The van der Waals surface area contributed by atoms with Gasteiger partial charge in [-0.1, -0.05) is 34.3 Å². The number of benzene rings is 1. The summed E-state index contributed by atoms with van der Waals surface area (Å²) in [6.07, 6.45) is 1.95. The molecule has 0 fully saturated rings. The molecule has 1 aromatic carbocycles. The Balaban J connectivity index is 2.46. The highest BCUT2D eigenvalue weighted by molar-refractivity contribution is 8.01. The molecule has 3 N–H and O–H groups in total. The number of aromatic nitrogens is 2. The smallest absolute Gasteiger partial charge is 0.178 e. The van der Waals surface area contributed by atoms with Crippen LogP contribution in [-0.4, -0.2) is 27.5 Å². The van der Waals surface area contributed by atoms with Crippen LogP contribution in [0.1, 0.15) is 5.56 Å². The molecule has 0 atom stereocenters. The summed E-state index contributed by atoms with van der Waals surface area (Å²) in [5.41, 5.74) is 8.14. The molecule has 0 aliphatic carbocycles. The summed E-state index contributed by atoms with van der Waals surface area (Å²) in [5, 5.41) is 19.7. The topological polar surface area (TPSA) is 84.4 Å². The molecule has 1 heterocycles. The van der Waals surface area contributed by atoms with Crippen molar-refractivity contribution in [3.63, 3.8) is 0 Å². The first-order valence-electron chi connectivity index (χ1n) is 4.85. The minimum absolute atomic E-state index is 0.104. The van der Waals surface area contributed by atoms with Gasteiger partial charge in [-0.3, -0.25) is 0 Å². The molecule has 0 saturated heterocycles. The van der Waals surface area contributed by atoms with E-state index in [1.165, 1.54) is 23.1 Å². The maximum absolute atomic E-state index is 8.88. The predicted molar refractivity (Wildman–Crippen MR) is 74.8 cm³/mol. The van der Waals surface area contributed by atoms with E-state index in [9.17, 15) is 0 Å². The van der Waals surface area contributed by atoms with Crippen LogP contribution >= 0.6 is 34.9 Å². The van der Waals surface area contributed by atoms with Crippen LogP contribution < -0.4 is 5.73 Å². The third-order valence-corrected chi connectivity index (χ3v) is 4.73. The Morgan fingerprint density at radius 1 is 1.44 bits per heavy atom. The van der Waals surface area contributed by atoms with Gasteiger partial charge in [0.1, 0.15) is 5.51 Å². The molecule has 0 aliphatic heterocycles. The standard InChI is InChI=1S/C10H10N4OS3/c1-16-6-3-2-4-7(8(6)9(11)14-15)18-10-13-12-5-17-10/h2-5,15H,1H3,(H2,11,14). The van der Waals surface area contributed by atoms with E-state index < -0.39 is 0 Å². The fourth-order valence-corrected chi connectivity index (χ4v) is 3.68. The van der Waals surface area contributed by atoms with Crippen molar-refractivity contribution in [2.45, 2.75) is 14.1 Å². The Kier molecular flexibility index (Phi) is 4.45. The molecule has 0 bridgehead atoms. The molecule has 2 rings (SSSR count). The van der Waals surface area contributed by atoms with Gasteiger partial charge in [0.25, 0.3) is 0 Å². The largest absolute Gasteiger partial charge is 0.409 e. The summed E-state index contributed by atoms with van der Waals surface area (Å²) < 4.78 is 0.820. The molecule has 5 nitrogen and oxygen atoms in total. The molecule has 0 unspecified atom stereocenters. The fraction of sp³-hybridized carbons (Fsp3) is 0.100. The molecule has 2 aromatic rings. The van der Waals surface area contributed by atoms with Crippen LogP contribution in [-0.2, 0) is 0 Å². The number of thioether (sulfide) groups is 1. The second kappa shape index (κ2) is 6.07. The van der Waals surface area contributed by atoms with Crippen molar-refractivity contribution in [3.05, 3.63) is 29.3 Å². The van der Waals surface area contributed by atoms with Gasteiger partial charge in [0.05, 0.1) is 0 Å². The maximum Gasteiger partial charge on any atom is 0.178 e. The molecular formula is C10H10N4OS3. The van der Waals surface area contributed by atoms with Crippen molar-refractivity contribution in [3.8, 4) is 0 Å². The monoisotopic (exact) mass is 298 g/mol. The Morgan fingerprint density at radius 3 is 2.83 bits per heavy atom. The Labute approximate surface area is 116 Å². The zero-order valence-corrected chi connectivity index (χ0v) is 11.8. The van der Waals surface area contributed by atoms with Gasteiger partial charge in [-0.2, -0.15) is 0 Å². The SMILES string of the molecule is CSc1cccc(Sc2nncs2)c1/C(N)=N/O. The molecule has 94 valence electrons. The third-order valence-electron chi connectivity index (χ3n) is 2.11. The number of oxime groups is 1. The lowest BCUT2D eigenvalue weighted by Crippen LogP contribution is -2.15. The second-order valence-electron chi connectivity index (χ2n) is 3.13. The maximum atomic E-state index is 8.88. The van der Waals surface area contributed by atoms with Crippen molar-refractivity contribution in [1.29, 1.82) is 0 Å². The second-order valence-corrected chi connectivity index (χ2v) is 6.10. The highest BCUT2D eigenvalue weighted by Gasteiger charge is 2.14. The normalized spacial score (nSPS) is 11.7. The number of hydrogen-bond acceptors (Lipinski definition) is 7. The van der Waals surface area contributed by atoms with Crippen LogP contribution in [0.4, 0.5) is 0 Å². The van der Waals surface area contributed by atoms with Gasteiger partial charge in [-0.15, -0.1) is 22.0 Å². The highest BCUT2D eigenvalue weighted by Crippen LogP contribution is 2.35. The van der Waals surface area contributed by atoms with Crippen molar-refractivity contribution < 1.29 is 5.21 Å². The summed E-state index contributed by atoms with van der Waals surface area (Å²) >= 11 is 4.45. The van der Waals surface area contributed by atoms with Crippen molar-refractivity contribution in [2.75, 3.05) is 6.26 Å². The van der Waals surface area contributed by atoms with Crippen LogP contribution in [0, 0.1) is 0 Å². The number of nitrogens with two attached hydrogens (primary N) is 1. The van der Waals surface area contributed by atoms with E-state index in [2.05, 4.69) is 15.4 Å². The van der Waals surface area contributed by atoms with E-state index >= 15 is 0 Å². The van der Waals surface area contributed by atoms with E-state index in [0.29, 0.717) is 0 Å². The van der Waals surface area contributed by atoms with Crippen molar-refractivity contribution in [1.82, 2.24) is 10.2 Å². The minimum Gasteiger partial charge on any atom is -0.409 e. The summed E-state index contributed by atoms with van der Waals surface area (Å²) in [4.78, 5) is 1.86. The predicted octanol–water partition coefficient (Wildman–Crippen LogP) is 2.51. The zero-order valence-electron chi connectivity index (χ0n) is 9.40. The van der Waals surface area contributed by atoms with Crippen LogP contribution in [0.2, 0.25) is 0 Å². The highest BCUT2D eigenvalue weighted by atomic mass is 32.2. The van der Waals surface area contributed by atoms with E-state index in [0.717, 1.165) is 19.7 Å². The van der Waals surface area contributed by atoms with Gasteiger partial charge in [0, 0.05) is 15.4 Å².